The van der Waals surface area contributed by atoms with Crippen LogP contribution in [0.5, 0.6) is 0 Å². The molecule has 0 radical (unpaired) electrons. The summed E-state index contributed by atoms with van der Waals surface area (Å²) in [4.78, 5) is 39.3. The first-order valence-corrected chi connectivity index (χ1v) is 11.5. The lowest BCUT2D eigenvalue weighted by Gasteiger charge is -2.42. The Morgan fingerprint density at radius 1 is 1.09 bits per heavy atom. The second kappa shape index (κ2) is 9.09. The predicted molar refractivity (Wildman–Crippen MR) is 118 cm³/mol. The molecule has 1 aliphatic heterocycles. The lowest BCUT2D eigenvalue weighted by molar-refractivity contribution is -0.154. The number of esters is 1. The van der Waals surface area contributed by atoms with Crippen LogP contribution in [0, 0.1) is 0 Å². The maximum absolute atomic E-state index is 13.1. The summed E-state index contributed by atoms with van der Waals surface area (Å²) in [6, 6.07) is 14.6. The van der Waals surface area contributed by atoms with Crippen LogP contribution in [0.25, 0.3) is 0 Å². The van der Waals surface area contributed by atoms with Crippen LogP contribution in [0.3, 0.4) is 0 Å². The maximum atomic E-state index is 13.1. The number of nitrogens with one attached hydrogen (secondary N) is 2. The van der Waals surface area contributed by atoms with Crippen molar-refractivity contribution < 1.29 is 27.5 Å². The molecule has 0 fully saturated rings. The van der Waals surface area contributed by atoms with Crippen LogP contribution in [0.1, 0.15) is 27.2 Å². The van der Waals surface area contributed by atoms with E-state index in [0.717, 1.165) is 0 Å². The molecule has 3 rings (SSSR count). The Hall–Kier alpha value is -3.24. The summed E-state index contributed by atoms with van der Waals surface area (Å²) in [6.45, 7) is 4.43. The van der Waals surface area contributed by atoms with Gasteiger partial charge in [-0.3, -0.25) is 19.3 Å². The zero-order valence-corrected chi connectivity index (χ0v) is 18.8. The Morgan fingerprint density at radius 2 is 1.72 bits per heavy atom. The second-order valence-electron chi connectivity index (χ2n) is 7.80. The number of fused-ring (bicyclic) bond motifs is 1. The predicted octanol–water partition coefficient (Wildman–Crippen LogP) is 2.05. The van der Waals surface area contributed by atoms with Crippen molar-refractivity contribution in [1.29, 1.82) is 0 Å². The van der Waals surface area contributed by atoms with E-state index in [1.165, 1.54) is 24.0 Å². The summed E-state index contributed by atoms with van der Waals surface area (Å²) in [5.74, 6) is -1.66. The number of hydrogen-bond donors (Lipinski definition) is 2. The molecule has 1 atom stereocenters. The lowest BCUT2D eigenvalue weighted by atomic mass is 9.95. The van der Waals surface area contributed by atoms with E-state index in [9.17, 15) is 22.8 Å². The van der Waals surface area contributed by atoms with Crippen molar-refractivity contribution in [3.05, 3.63) is 54.6 Å². The third-order valence-electron chi connectivity index (χ3n) is 5.06. The molecule has 2 N–H and O–H groups in total. The van der Waals surface area contributed by atoms with Gasteiger partial charge in [0.15, 0.2) is 6.10 Å². The molecule has 0 saturated carbocycles. The van der Waals surface area contributed by atoms with Gasteiger partial charge in [0, 0.05) is 6.54 Å². The maximum Gasteiger partial charge on any atom is 0.307 e. The number of anilines is 2. The average molecular weight is 460 g/mol. The van der Waals surface area contributed by atoms with Gasteiger partial charge in [0.2, 0.25) is 15.9 Å². The molecule has 0 spiro atoms. The zero-order valence-electron chi connectivity index (χ0n) is 18.0. The minimum absolute atomic E-state index is 0.0844. The van der Waals surface area contributed by atoms with E-state index >= 15 is 0 Å². The van der Waals surface area contributed by atoms with Gasteiger partial charge in [0.25, 0.3) is 5.91 Å². The van der Waals surface area contributed by atoms with E-state index < -0.39 is 33.5 Å². The first-order valence-electron chi connectivity index (χ1n) is 10.0. The second-order valence-corrected chi connectivity index (χ2v) is 9.56. The van der Waals surface area contributed by atoms with Crippen LogP contribution >= 0.6 is 0 Å². The number of amides is 2. The van der Waals surface area contributed by atoms with Crippen molar-refractivity contribution >= 4 is 39.2 Å². The van der Waals surface area contributed by atoms with E-state index in [0.29, 0.717) is 11.4 Å². The highest BCUT2D eigenvalue weighted by molar-refractivity contribution is 7.89. The first kappa shape index (κ1) is 23.4. The van der Waals surface area contributed by atoms with Crippen molar-refractivity contribution in [2.24, 2.45) is 0 Å². The van der Waals surface area contributed by atoms with Gasteiger partial charge in [-0.05, 0) is 45.0 Å². The normalized spacial score (nSPS) is 16.0. The van der Waals surface area contributed by atoms with Gasteiger partial charge in [-0.2, -0.15) is 0 Å². The van der Waals surface area contributed by atoms with E-state index in [2.05, 4.69) is 10.0 Å². The third-order valence-corrected chi connectivity index (χ3v) is 6.54. The Morgan fingerprint density at radius 3 is 2.41 bits per heavy atom. The van der Waals surface area contributed by atoms with Crippen LogP contribution in [-0.4, -0.2) is 44.4 Å². The number of benzene rings is 2. The lowest BCUT2D eigenvalue weighted by Crippen LogP contribution is -2.60. The van der Waals surface area contributed by atoms with E-state index in [4.69, 9.17) is 4.74 Å². The fourth-order valence-corrected chi connectivity index (χ4v) is 4.36. The molecule has 9 nitrogen and oxygen atoms in total. The van der Waals surface area contributed by atoms with Gasteiger partial charge < -0.3 is 10.1 Å². The average Bonchev–Trinajstić information content (AvgIpc) is 2.74. The highest BCUT2D eigenvalue weighted by Crippen LogP contribution is 2.37. The molecule has 0 aromatic heterocycles. The van der Waals surface area contributed by atoms with Crippen LogP contribution in [-0.2, 0) is 29.1 Å². The fourth-order valence-electron chi connectivity index (χ4n) is 3.31. The van der Waals surface area contributed by atoms with Crippen LogP contribution in [0.4, 0.5) is 11.4 Å². The molecular weight excluding hydrogens is 434 g/mol. The third kappa shape index (κ3) is 4.81. The van der Waals surface area contributed by atoms with Gasteiger partial charge in [-0.15, -0.1) is 0 Å². The van der Waals surface area contributed by atoms with Crippen molar-refractivity contribution in [2.75, 3.05) is 16.8 Å². The molecule has 10 heteroatoms. The minimum Gasteiger partial charge on any atom is -0.452 e. The Kier molecular flexibility index (Phi) is 6.65. The van der Waals surface area contributed by atoms with E-state index in [1.807, 2.05) is 0 Å². The van der Waals surface area contributed by atoms with Gasteiger partial charge >= 0.3 is 5.97 Å². The van der Waals surface area contributed by atoms with Crippen LogP contribution in [0.15, 0.2) is 59.5 Å². The largest absolute Gasteiger partial charge is 0.452 e. The molecule has 2 aromatic carbocycles. The quantitative estimate of drug-likeness (QED) is 0.611. The number of carbonyl (C=O) groups excluding carboxylic acids is 3. The summed E-state index contributed by atoms with van der Waals surface area (Å²) in [7, 11) is -3.75. The molecule has 1 heterocycles. The van der Waals surface area contributed by atoms with Crippen LogP contribution in [0.2, 0.25) is 0 Å². The number of hydrogen-bond acceptors (Lipinski definition) is 6. The molecule has 32 heavy (non-hydrogen) atoms. The first-order chi connectivity index (χ1) is 15.0. The number of rotatable bonds is 7. The minimum atomic E-state index is -3.75. The van der Waals surface area contributed by atoms with Gasteiger partial charge in [-0.1, -0.05) is 30.3 Å². The van der Waals surface area contributed by atoms with Crippen molar-refractivity contribution in [3.8, 4) is 0 Å². The molecule has 1 aliphatic rings. The highest BCUT2D eigenvalue weighted by atomic mass is 32.2. The van der Waals surface area contributed by atoms with Crippen molar-refractivity contribution in [1.82, 2.24) is 4.72 Å². The summed E-state index contributed by atoms with van der Waals surface area (Å²) in [5, 5.41) is 2.76. The molecule has 0 saturated heterocycles. The number of sulfonamides is 1. The summed E-state index contributed by atoms with van der Waals surface area (Å²) in [5.41, 5.74) is -0.211. The highest BCUT2D eigenvalue weighted by Gasteiger charge is 2.45. The molecule has 0 bridgehead atoms. The topological polar surface area (TPSA) is 122 Å². The SMILES string of the molecule is C[C@@H](OC(=O)CCNS(=O)(=O)c1ccccc1)C(=O)N1c2ccccc2NC(=O)C1(C)C. The van der Waals surface area contributed by atoms with Crippen molar-refractivity contribution in [2.45, 2.75) is 43.7 Å². The number of para-hydroxylation sites is 2. The Balaban J connectivity index is 1.63. The molecule has 0 aliphatic carbocycles. The smallest absolute Gasteiger partial charge is 0.307 e. The molecular formula is C22H25N3O6S. The fraction of sp³-hybridized carbons (Fsp3) is 0.318. The monoisotopic (exact) mass is 459 g/mol. The summed E-state index contributed by atoms with van der Waals surface area (Å²) < 4.78 is 32.0. The number of nitrogens with zero attached hydrogens (tertiary/aromatic N) is 1. The van der Waals surface area contributed by atoms with Gasteiger partial charge in [0.05, 0.1) is 22.7 Å². The summed E-state index contributed by atoms with van der Waals surface area (Å²) >= 11 is 0. The molecule has 2 amide bonds. The van der Waals surface area contributed by atoms with E-state index in [-0.39, 0.29) is 23.8 Å². The standard InChI is InChI=1S/C22H25N3O6S/c1-15(31-19(26)13-14-23-32(29,30)16-9-5-4-6-10-16)20(27)25-18-12-8-7-11-17(18)24-21(28)22(25,2)3/h4-12,15,23H,13-14H2,1-3H3,(H,24,28)/t15-/m1/s1. The molecule has 0 unspecified atom stereocenters. The molecule has 170 valence electrons. The Bertz CT molecular complexity index is 1130. The summed E-state index contributed by atoms with van der Waals surface area (Å²) in [6.07, 6.45) is -1.43. The van der Waals surface area contributed by atoms with E-state index in [1.54, 1.807) is 56.3 Å². The van der Waals surface area contributed by atoms with Gasteiger partial charge in [0.1, 0.15) is 5.54 Å². The van der Waals surface area contributed by atoms with Crippen molar-refractivity contribution in [3.63, 3.8) is 0 Å². The Labute approximate surface area is 186 Å². The van der Waals surface area contributed by atoms with Crippen LogP contribution < -0.4 is 14.9 Å². The zero-order chi connectivity index (χ0) is 23.5. The van der Waals surface area contributed by atoms with Gasteiger partial charge in [-0.25, -0.2) is 13.1 Å². The number of ether oxygens (including phenoxy) is 1. The number of carbonyl (C=O) groups is 3. The molecule has 2 aromatic rings.